The average Bonchev–Trinajstić information content (AvgIpc) is 3.38. The molecule has 5 rings (SSSR count). The molecule has 2 aliphatic heterocycles. The van der Waals surface area contributed by atoms with Crippen LogP contribution in [0.4, 0.5) is 5.82 Å². The van der Waals surface area contributed by atoms with Gasteiger partial charge in [0.15, 0.2) is 0 Å². The van der Waals surface area contributed by atoms with Crippen LogP contribution in [0.5, 0.6) is 5.75 Å². The molecule has 170 valence electrons. The minimum atomic E-state index is 0. The Kier molecular flexibility index (Phi) is 7.50. The number of nitrogens with zero attached hydrogens (tertiary/aromatic N) is 5. The van der Waals surface area contributed by atoms with Crippen molar-refractivity contribution in [2.75, 3.05) is 37.7 Å². The largest absolute Gasteiger partial charge is 0.492 e. The molecule has 2 aliphatic rings. The van der Waals surface area contributed by atoms with Gasteiger partial charge >= 0.3 is 0 Å². The lowest BCUT2D eigenvalue weighted by Gasteiger charge is -2.33. The van der Waals surface area contributed by atoms with Gasteiger partial charge in [0, 0.05) is 42.4 Å². The fourth-order valence-corrected chi connectivity index (χ4v) is 4.89. The normalized spacial score (nSPS) is 19.9. The van der Waals surface area contributed by atoms with Gasteiger partial charge in [-0.1, -0.05) is 0 Å². The Morgan fingerprint density at radius 3 is 2.81 bits per heavy atom. The van der Waals surface area contributed by atoms with Gasteiger partial charge in [-0.25, -0.2) is 9.50 Å². The van der Waals surface area contributed by atoms with Gasteiger partial charge in [0.2, 0.25) is 0 Å². The summed E-state index contributed by atoms with van der Waals surface area (Å²) in [5.74, 6) is 1.75. The number of rotatable bonds is 4. The van der Waals surface area contributed by atoms with Crippen molar-refractivity contribution in [1.29, 1.82) is 5.26 Å². The summed E-state index contributed by atoms with van der Waals surface area (Å²) in [4.78, 5) is 7.19. The molecule has 7 nitrogen and oxygen atoms in total. The van der Waals surface area contributed by atoms with E-state index in [-0.39, 0.29) is 24.8 Å². The zero-order valence-electron chi connectivity index (χ0n) is 18.1. The second-order valence-corrected chi connectivity index (χ2v) is 8.34. The Labute approximate surface area is 200 Å². The third-order valence-corrected chi connectivity index (χ3v) is 6.40. The van der Waals surface area contributed by atoms with Crippen LogP contribution in [0, 0.1) is 16.7 Å². The third kappa shape index (κ3) is 4.36. The number of fused-ring (bicyclic) bond motifs is 1. The van der Waals surface area contributed by atoms with Gasteiger partial charge in [-0.15, -0.1) is 24.8 Å². The van der Waals surface area contributed by atoms with E-state index in [2.05, 4.69) is 33.5 Å². The van der Waals surface area contributed by atoms with Gasteiger partial charge in [0.1, 0.15) is 17.6 Å². The number of hydrogen-bond acceptors (Lipinski definition) is 6. The number of halogens is 2. The molecule has 3 aromatic rings. The highest BCUT2D eigenvalue weighted by molar-refractivity contribution is 5.86. The molecule has 0 radical (unpaired) electrons. The third-order valence-electron chi connectivity index (χ3n) is 6.40. The predicted molar refractivity (Wildman–Crippen MR) is 130 cm³/mol. The van der Waals surface area contributed by atoms with Crippen molar-refractivity contribution in [3.8, 4) is 22.9 Å². The lowest BCUT2D eigenvalue weighted by molar-refractivity contribution is 0.239. The predicted octanol–water partition coefficient (Wildman–Crippen LogP) is 4.09. The van der Waals surface area contributed by atoms with E-state index in [0.29, 0.717) is 17.6 Å². The average molecular weight is 475 g/mol. The second-order valence-electron chi connectivity index (χ2n) is 8.34. The van der Waals surface area contributed by atoms with Crippen LogP contribution in [0.1, 0.15) is 31.7 Å². The molecule has 0 aliphatic carbocycles. The first-order valence-corrected chi connectivity index (χ1v) is 10.7. The van der Waals surface area contributed by atoms with Gasteiger partial charge in [0.05, 0.1) is 30.1 Å². The topological polar surface area (TPSA) is 78.5 Å². The highest BCUT2D eigenvalue weighted by atomic mass is 35.5. The van der Waals surface area contributed by atoms with Crippen LogP contribution in [-0.4, -0.2) is 47.4 Å². The maximum absolute atomic E-state index is 9.52. The van der Waals surface area contributed by atoms with Crippen LogP contribution in [0.25, 0.3) is 16.6 Å². The van der Waals surface area contributed by atoms with Gasteiger partial charge in [0.25, 0.3) is 0 Å². The van der Waals surface area contributed by atoms with Gasteiger partial charge in [-0.3, -0.25) is 0 Å². The van der Waals surface area contributed by atoms with Crippen LogP contribution in [0.15, 0.2) is 36.8 Å². The molecule has 1 spiro atoms. The summed E-state index contributed by atoms with van der Waals surface area (Å²) in [6.45, 7) is 6.90. The van der Waals surface area contributed by atoms with E-state index in [1.165, 1.54) is 19.3 Å². The molecule has 9 heteroatoms. The SMILES string of the molecule is CCOc1cc(-c2ccc(N3CC[C@]4(CCCNC4)C3)nc2)c2c(C#N)cnn2c1.Cl.Cl. The Morgan fingerprint density at radius 2 is 2.12 bits per heavy atom. The molecular formula is C23H28Cl2N6O. The smallest absolute Gasteiger partial charge is 0.138 e. The summed E-state index contributed by atoms with van der Waals surface area (Å²) >= 11 is 0. The lowest BCUT2D eigenvalue weighted by Crippen LogP contribution is -2.42. The highest BCUT2D eigenvalue weighted by Gasteiger charge is 2.39. The van der Waals surface area contributed by atoms with E-state index < -0.39 is 0 Å². The van der Waals surface area contributed by atoms with E-state index in [4.69, 9.17) is 9.72 Å². The molecule has 32 heavy (non-hydrogen) atoms. The summed E-state index contributed by atoms with van der Waals surface area (Å²) in [5, 5.41) is 17.4. The summed E-state index contributed by atoms with van der Waals surface area (Å²) < 4.78 is 7.42. The Bertz CT molecular complexity index is 1100. The van der Waals surface area contributed by atoms with Crippen molar-refractivity contribution in [3.05, 3.63) is 42.4 Å². The second kappa shape index (κ2) is 9.95. The van der Waals surface area contributed by atoms with E-state index in [0.717, 1.165) is 54.4 Å². The summed E-state index contributed by atoms with van der Waals surface area (Å²) in [7, 11) is 0. The molecule has 0 saturated carbocycles. The number of nitrogens with one attached hydrogen (secondary N) is 1. The lowest BCUT2D eigenvalue weighted by atomic mass is 9.80. The molecule has 1 N–H and O–H groups in total. The fourth-order valence-electron chi connectivity index (χ4n) is 4.89. The number of anilines is 1. The van der Waals surface area contributed by atoms with Crippen molar-refractivity contribution < 1.29 is 4.74 Å². The maximum atomic E-state index is 9.52. The fraction of sp³-hybridized carbons (Fsp3) is 0.435. The molecule has 3 aromatic heterocycles. The Balaban J connectivity index is 0.00000144. The standard InChI is InChI=1S/C23H26N6O.2ClH/c1-2-30-19-10-20(22-18(11-24)13-27-29(22)14-19)17-4-5-21(26-12-17)28-9-7-23(16-28)6-3-8-25-15-23;;/h4-5,10,12-14,25H,2-3,6-9,15-16H2,1H3;2*1H/t23-;;/m0../s1. The van der Waals surface area contributed by atoms with E-state index in [1.807, 2.05) is 25.4 Å². The summed E-state index contributed by atoms with van der Waals surface area (Å²) in [5.41, 5.74) is 3.59. The number of pyridine rings is 2. The van der Waals surface area contributed by atoms with Crippen LogP contribution < -0.4 is 15.0 Å². The van der Waals surface area contributed by atoms with Gasteiger partial charge in [-0.2, -0.15) is 10.4 Å². The van der Waals surface area contributed by atoms with Crippen molar-refractivity contribution >= 4 is 36.1 Å². The molecule has 0 aromatic carbocycles. The number of ether oxygens (including phenoxy) is 1. The monoisotopic (exact) mass is 474 g/mol. The quantitative estimate of drug-likeness (QED) is 0.613. The number of piperidine rings is 1. The van der Waals surface area contributed by atoms with Crippen LogP contribution in [-0.2, 0) is 0 Å². The minimum Gasteiger partial charge on any atom is -0.492 e. The molecule has 2 fully saturated rings. The van der Waals surface area contributed by atoms with Crippen molar-refractivity contribution in [2.24, 2.45) is 5.41 Å². The van der Waals surface area contributed by atoms with Crippen molar-refractivity contribution in [1.82, 2.24) is 19.9 Å². The maximum Gasteiger partial charge on any atom is 0.138 e. The first-order valence-electron chi connectivity index (χ1n) is 10.7. The van der Waals surface area contributed by atoms with Crippen molar-refractivity contribution in [3.63, 3.8) is 0 Å². The number of nitriles is 1. The summed E-state index contributed by atoms with van der Waals surface area (Å²) in [6, 6.07) is 8.39. The highest BCUT2D eigenvalue weighted by Crippen LogP contribution is 2.38. The molecule has 1 atom stereocenters. The first-order chi connectivity index (χ1) is 14.7. The van der Waals surface area contributed by atoms with Crippen LogP contribution in [0.2, 0.25) is 0 Å². The molecule has 5 heterocycles. The Hall–Kier alpha value is -2.53. The van der Waals surface area contributed by atoms with Gasteiger partial charge in [-0.05, 0) is 50.9 Å². The van der Waals surface area contributed by atoms with Gasteiger partial charge < -0.3 is 15.0 Å². The van der Waals surface area contributed by atoms with Crippen LogP contribution in [0.3, 0.4) is 0 Å². The van der Waals surface area contributed by atoms with Crippen LogP contribution >= 0.6 is 24.8 Å². The number of hydrogen-bond donors (Lipinski definition) is 1. The number of aromatic nitrogens is 3. The molecule has 0 unspecified atom stereocenters. The molecule has 0 amide bonds. The zero-order chi connectivity index (χ0) is 20.6. The summed E-state index contributed by atoms with van der Waals surface area (Å²) in [6.07, 6.45) is 9.10. The zero-order valence-corrected chi connectivity index (χ0v) is 19.7. The van der Waals surface area contributed by atoms with Crippen molar-refractivity contribution in [2.45, 2.75) is 26.2 Å². The first kappa shape index (κ1) is 24.1. The molecule has 2 saturated heterocycles. The van der Waals surface area contributed by atoms with E-state index in [1.54, 1.807) is 10.7 Å². The Morgan fingerprint density at radius 1 is 1.25 bits per heavy atom. The van der Waals surface area contributed by atoms with E-state index in [9.17, 15) is 5.26 Å². The minimum absolute atomic E-state index is 0. The van der Waals surface area contributed by atoms with E-state index >= 15 is 0 Å². The molecular weight excluding hydrogens is 447 g/mol. The molecule has 0 bridgehead atoms.